The summed E-state index contributed by atoms with van der Waals surface area (Å²) in [5, 5.41) is 5.03. The van der Waals surface area contributed by atoms with Crippen LogP contribution in [0, 0.1) is 0 Å². The highest BCUT2D eigenvalue weighted by Crippen LogP contribution is 2.23. The van der Waals surface area contributed by atoms with E-state index in [1.165, 1.54) is 6.92 Å². The van der Waals surface area contributed by atoms with Crippen LogP contribution in [0.1, 0.15) is 17.3 Å². The van der Waals surface area contributed by atoms with E-state index in [2.05, 4.69) is 5.32 Å². The second-order valence-corrected chi connectivity index (χ2v) is 5.95. The van der Waals surface area contributed by atoms with Gasteiger partial charge in [0.15, 0.2) is 6.10 Å². The number of nitrogens with one attached hydrogen (secondary N) is 1. The summed E-state index contributed by atoms with van der Waals surface area (Å²) in [7, 11) is 0. The average molecular weight is 354 g/mol. The fraction of sp³-hybridized carbons (Fsp3) is 0.100. The lowest BCUT2D eigenvalue weighted by atomic mass is 10.1. The zero-order valence-electron chi connectivity index (χ0n) is 13.5. The molecule has 3 rings (SSSR count). The number of benzene rings is 3. The second-order valence-electron chi connectivity index (χ2n) is 5.54. The van der Waals surface area contributed by atoms with Gasteiger partial charge in [0.05, 0.1) is 10.6 Å². The van der Waals surface area contributed by atoms with Crippen LogP contribution in [0.3, 0.4) is 0 Å². The summed E-state index contributed by atoms with van der Waals surface area (Å²) in [5.74, 6) is -1.04. The van der Waals surface area contributed by atoms with Crippen molar-refractivity contribution in [3.8, 4) is 0 Å². The minimum absolute atomic E-state index is 0.231. The summed E-state index contributed by atoms with van der Waals surface area (Å²) in [5.41, 5.74) is 0.901. The predicted molar refractivity (Wildman–Crippen MR) is 98.9 cm³/mol. The Bertz CT molecular complexity index is 934. The topological polar surface area (TPSA) is 55.4 Å². The van der Waals surface area contributed by atoms with Gasteiger partial charge in [-0.25, -0.2) is 4.79 Å². The van der Waals surface area contributed by atoms with Gasteiger partial charge in [-0.15, -0.1) is 0 Å². The molecular formula is C20H16ClNO3. The van der Waals surface area contributed by atoms with Gasteiger partial charge in [-0.05, 0) is 30.5 Å². The van der Waals surface area contributed by atoms with Crippen LogP contribution >= 0.6 is 11.6 Å². The van der Waals surface area contributed by atoms with Crippen molar-refractivity contribution >= 4 is 39.9 Å². The molecule has 3 aromatic carbocycles. The maximum atomic E-state index is 12.4. The second kappa shape index (κ2) is 7.36. The van der Waals surface area contributed by atoms with Crippen molar-refractivity contribution in [2.45, 2.75) is 13.0 Å². The molecule has 126 valence electrons. The van der Waals surface area contributed by atoms with E-state index in [-0.39, 0.29) is 10.6 Å². The van der Waals surface area contributed by atoms with Gasteiger partial charge in [0, 0.05) is 11.1 Å². The Kier molecular flexibility index (Phi) is 5.00. The van der Waals surface area contributed by atoms with Gasteiger partial charge < -0.3 is 10.1 Å². The van der Waals surface area contributed by atoms with Crippen LogP contribution in [-0.2, 0) is 9.53 Å². The van der Waals surface area contributed by atoms with E-state index in [1.54, 1.807) is 24.3 Å². The normalized spacial score (nSPS) is 11.8. The molecule has 0 aliphatic carbocycles. The van der Waals surface area contributed by atoms with Crippen molar-refractivity contribution in [1.29, 1.82) is 0 Å². The summed E-state index contributed by atoms with van der Waals surface area (Å²) < 4.78 is 5.23. The van der Waals surface area contributed by atoms with Crippen LogP contribution in [0.2, 0.25) is 5.02 Å². The largest absolute Gasteiger partial charge is 0.449 e. The number of anilines is 1. The Morgan fingerprint density at radius 3 is 2.44 bits per heavy atom. The van der Waals surface area contributed by atoms with Crippen molar-refractivity contribution in [3.05, 3.63) is 77.3 Å². The first-order chi connectivity index (χ1) is 12.1. The Balaban J connectivity index is 1.72. The molecule has 1 amide bonds. The molecule has 0 saturated carbocycles. The number of fused-ring (bicyclic) bond motifs is 1. The first-order valence-electron chi connectivity index (χ1n) is 7.80. The van der Waals surface area contributed by atoms with Crippen LogP contribution in [0.15, 0.2) is 66.7 Å². The summed E-state index contributed by atoms with van der Waals surface area (Å²) in [6, 6.07) is 19.9. The van der Waals surface area contributed by atoms with Crippen LogP contribution in [0.4, 0.5) is 5.69 Å². The maximum absolute atomic E-state index is 12.4. The minimum Gasteiger partial charge on any atom is -0.449 e. The molecule has 0 fully saturated rings. The molecule has 0 aromatic heterocycles. The molecule has 0 spiro atoms. The number of ether oxygens (including phenoxy) is 1. The fourth-order valence-electron chi connectivity index (χ4n) is 2.47. The molecule has 0 aliphatic heterocycles. The van der Waals surface area contributed by atoms with Gasteiger partial charge in [0.2, 0.25) is 0 Å². The average Bonchev–Trinajstić information content (AvgIpc) is 2.62. The van der Waals surface area contributed by atoms with E-state index in [0.717, 1.165) is 10.8 Å². The molecule has 0 unspecified atom stereocenters. The summed E-state index contributed by atoms with van der Waals surface area (Å²) in [6.07, 6.45) is -0.956. The number of esters is 1. The SMILES string of the molecule is C[C@@H](OC(=O)c1ccccc1Cl)C(=O)Nc1cccc2ccccc12. The van der Waals surface area contributed by atoms with Crippen molar-refractivity contribution in [2.75, 3.05) is 5.32 Å². The van der Waals surface area contributed by atoms with Gasteiger partial charge in [-0.2, -0.15) is 0 Å². The van der Waals surface area contributed by atoms with Gasteiger partial charge in [-0.3, -0.25) is 4.79 Å². The molecular weight excluding hydrogens is 338 g/mol. The summed E-state index contributed by atoms with van der Waals surface area (Å²) in [6.45, 7) is 1.52. The van der Waals surface area contributed by atoms with Gasteiger partial charge in [0.1, 0.15) is 0 Å². The minimum atomic E-state index is -0.956. The zero-order valence-corrected chi connectivity index (χ0v) is 14.3. The number of carbonyl (C=O) groups excluding carboxylic acids is 2. The van der Waals surface area contributed by atoms with Crippen molar-refractivity contribution in [1.82, 2.24) is 0 Å². The number of rotatable bonds is 4. The molecule has 0 bridgehead atoms. The van der Waals surface area contributed by atoms with E-state index in [4.69, 9.17) is 16.3 Å². The quantitative estimate of drug-likeness (QED) is 0.693. The molecule has 0 heterocycles. The molecule has 0 saturated heterocycles. The number of amides is 1. The monoisotopic (exact) mass is 353 g/mol. The molecule has 4 nitrogen and oxygen atoms in total. The maximum Gasteiger partial charge on any atom is 0.340 e. The first kappa shape index (κ1) is 17.0. The van der Waals surface area contributed by atoms with Crippen LogP contribution in [0.5, 0.6) is 0 Å². The number of halogens is 1. The third kappa shape index (κ3) is 3.80. The van der Waals surface area contributed by atoms with Crippen LogP contribution < -0.4 is 5.32 Å². The third-order valence-electron chi connectivity index (χ3n) is 3.79. The Morgan fingerprint density at radius 1 is 0.960 bits per heavy atom. The van der Waals surface area contributed by atoms with E-state index in [0.29, 0.717) is 5.69 Å². The molecule has 0 aliphatic rings. The number of hydrogen-bond donors (Lipinski definition) is 1. The molecule has 25 heavy (non-hydrogen) atoms. The van der Waals surface area contributed by atoms with E-state index < -0.39 is 18.0 Å². The van der Waals surface area contributed by atoms with Gasteiger partial charge >= 0.3 is 5.97 Å². The predicted octanol–water partition coefficient (Wildman–Crippen LogP) is 4.68. The highest BCUT2D eigenvalue weighted by atomic mass is 35.5. The van der Waals surface area contributed by atoms with Gasteiger partial charge in [0.25, 0.3) is 5.91 Å². The van der Waals surface area contributed by atoms with E-state index in [9.17, 15) is 9.59 Å². The van der Waals surface area contributed by atoms with Crippen molar-refractivity contribution in [2.24, 2.45) is 0 Å². The van der Waals surface area contributed by atoms with E-state index >= 15 is 0 Å². The van der Waals surface area contributed by atoms with E-state index in [1.807, 2.05) is 42.5 Å². The first-order valence-corrected chi connectivity index (χ1v) is 8.18. The Hall–Kier alpha value is -2.85. The lowest BCUT2D eigenvalue weighted by Gasteiger charge is -2.15. The summed E-state index contributed by atoms with van der Waals surface area (Å²) >= 11 is 5.98. The molecule has 3 aromatic rings. The van der Waals surface area contributed by atoms with Crippen molar-refractivity contribution in [3.63, 3.8) is 0 Å². The Labute approximate surface area is 150 Å². The smallest absolute Gasteiger partial charge is 0.340 e. The molecule has 1 atom stereocenters. The fourth-order valence-corrected chi connectivity index (χ4v) is 2.69. The molecule has 1 N–H and O–H groups in total. The van der Waals surface area contributed by atoms with Crippen molar-refractivity contribution < 1.29 is 14.3 Å². The highest BCUT2D eigenvalue weighted by Gasteiger charge is 2.20. The lowest BCUT2D eigenvalue weighted by Crippen LogP contribution is -2.30. The highest BCUT2D eigenvalue weighted by molar-refractivity contribution is 6.33. The number of hydrogen-bond acceptors (Lipinski definition) is 3. The van der Waals surface area contributed by atoms with Gasteiger partial charge in [-0.1, -0.05) is 60.1 Å². The third-order valence-corrected chi connectivity index (χ3v) is 4.12. The summed E-state index contributed by atoms with van der Waals surface area (Å²) in [4.78, 5) is 24.5. The number of carbonyl (C=O) groups is 2. The molecule has 0 radical (unpaired) electrons. The standard InChI is InChI=1S/C20H16ClNO3/c1-13(25-20(24)16-10-4-5-11-17(16)21)19(23)22-18-12-6-8-14-7-2-3-9-15(14)18/h2-13H,1H3,(H,22,23)/t13-/m1/s1. The lowest BCUT2D eigenvalue weighted by molar-refractivity contribution is -0.123. The zero-order chi connectivity index (χ0) is 17.8. The van der Waals surface area contributed by atoms with Crippen LogP contribution in [0.25, 0.3) is 10.8 Å². The Morgan fingerprint density at radius 2 is 1.64 bits per heavy atom. The van der Waals surface area contributed by atoms with Crippen LogP contribution in [-0.4, -0.2) is 18.0 Å². The molecule has 5 heteroatoms.